The molecule has 0 heterocycles. The van der Waals surface area contributed by atoms with Crippen LogP contribution in [0, 0.1) is 25.2 Å². The topological polar surface area (TPSA) is 59.1 Å². The molecule has 0 fully saturated rings. The zero-order valence-corrected chi connectivity index (χ0v) is 11.2. The number of ether oxygens (including phenoxy) is 1. The highest BCUT2D eigenvalue weighted by atomic mass is 35.5. The zero-order valence-electron chi connectivity index (χ0n) is 10.4. The van der Waals surface area contributed by atoms with Crippen molar-refractivity contribution in [2.24, 2.45) is 11.7 Å². The van der Waals surface area contributed by atoms with Crippen molar-refractivity contribution in [3.8, 4) is 5.75 Å². The molecule has 0 bridgehead atoms. The Morgan fingerprint density at radius 1 is 1.37 bits per heavy atom. The summed E-state index contributed by atoms with van der Waals surface area (Å²) in [5.41, 5.74) is 6.36. The first-order valence-electron chi connectivity index (χ1n) is 5.43. The molecule has 0 radical (unpaired) electrons. The van der Waals surface area contributed by atoms with Crippen LogP contribution in [-0.2, 0) is 0 Å². The lowest BCUT2D eigenvalue weighted by Gasteiger charge is -2.19. The van der Waals surface area contributed by atoms with Gasteiger partial charge in [0.05, 0.1) is 0 Å². The van der Waals surface area contributed by atoms with Gasteiger partial charge in [-0.15, -0.1) is 0 Å². The minimum absolute atomic E-state index is 0.273. The molecule has 106 valence electrons. The number of amidine groups is 1. The van der Waals surface area contributed by atoms with E-state index in [-0.39, 0.29) is 5.75 Å². The zero-order chi connectivity index (χ0) is 14.8. The molecule has 0 amide bonds. The standard InChI is InChI=1S/C12H14ClF3N2O/c1-6-3-8(4-7(2)10(6)13)19-5-9(11(17)18)12(14,15)16/h3-4,9H,5H2,1-2H3,(H3,17,18). The first kappa shape index (κ1) is 15.6. The predicted octanol–water partition coefficient (Wildman–Crippen LogP) is 3.45. The molecular formula is C12H14ClF3N2O. The maximum absolute atomic E-state index is 12.6. The fraction of sp³-hybridized carbons (Fsp3) is 0.417. The van der Waals surface area contributed by atoms with Crippen LogP contribution in [0.3, 0.4) is 0 Å². The molecule has 1 aromatic rings. The molecule has 0 aromatic heterocycles. The van der Waals surface area contributed by atoms with Crippen molar-refractivity contribution in [2.75, 3.05) is 6.61 Å². The van der Waals surface area contributed by atoms with Crippen molar-refractivity contribution >= 4 is 17.4 Å². The number of alkyl halides is 3. The fourth-order valence-electron chi connectivity index (χ4n) is 1.53. The second-order valence-electron chi connectivity index (χ2n) is 4.23. The molecule has 1 unspecified atom stereocenters. The lowest BCUT2D eigenvalue weighted by Crippen LogP contribution is -2.39. The van der Waals surface area contributed by atoms with Gasteiger partial charge in [-0.25, -0.2) is 0 Å². The molecule has 3 nitrogen and oxygen atoms in total. The highest BCUT2D eigenvalue weighted by molar-refractivity contribution is 6.32. The number of nitrogens with one attached hydrogen (secondary N) is 1. The number of hydrogen-bond acceptors (Lipinski definition) is 2. The van der Waals surface area contributed by atoms with Gasteiger partial charge in [0.2, 0.25) is 0 Å². The number of aryl methyl sites for hydroxylation is 2. The molecule has 0 aliphatic rings. The van der Waals surface area contributed by atoms with Crippen LogP contribution in [0.4, 0.5) is 13.2 Å². The third-order valence-electron chi connectivity index (χ3n) is 2.60. The molecule has 1 rings (SSSR count). The Bertz CT molecular complexity index is 465. The molecule has 3 N–H and O–H groups in total. The Balaban J connectivity index is 2.84. The minimum Gasteiger partial charge on any atom is -0.492 e. The Kier molecular flexibility index (Phi) is 4.68. The highest BCUT2D eigenvalue weighted by Crippen LogP contribution is 2.29. The van der Waals surface area contributed by atoms with Crippen LogP contribution < -0.4 is 10.5 Å². The van der Waals surface area contributed by atoms with Crippen molar-refractivity contribution in [3.63, 3.8) is 0 Å². The number of benzene rings is 1. The number of nitrogens with two attached hydrogens (primary N) is 1. The first-order valence-corrected chi connectivity index (χ1v) is 5.81. The smallest absolute Gasteiger partial charge is 0.401 e. The lowest BCUT2D eigenvalue weighted by atomic mass is 10.1. The van der Waals surface area contributed by atoms with Crippen LogP contribution >= 0.6 is 11.6 Å². The van der Waals surface area contributed by atoms with Crippen molar-refractivity contribution in [3.05, 3.63) is 28.3 Å². The molecule has 0 aliphatic carbocycles. The Morgan fingerprint density at radius 3 is 2.21 bits per heavy atom. The van der Waals surface area contributed by atoms with E-state index in [0.29, 0.717) is 16.1 Å². The van der Waals surface area contributed by atoms with Gasteiger partial charge in [0.25, 0.3) is 0 Å². The normalized spacial score (nSPS) is 13.2. The van der Waals surface area contributed by atoms with E-state index in [2.05, 4.69) is 0 Å². The summed E-state index contributed by atoms with van der Waals surface area (Å²) in [5.74, 6) is -2.80. The summed E-state index contributed by atoms with van der Waals surface area (Å²) in [7, 11) is 0. The Morgan fingerprint density at radius 2 is 1.84 bits per heavy atom. The van der Waals surface area contributed by atoms with Crippen LogP contribution in [0.1, 0.15) is 11.1 Å². The van der Waals surface area contributed by atoms with Crippen molar-refractivity contribution in [2.45, 2.75) is 20.0 Å². The van der Waals surface area contributed by atoms with Crippen molar-refractivity contribution in [1.82, 2.24) is 0 Å². The van der Waals surface area contributed by atoms with E-state index in [1.165, 1.54) is 0 Å². The van der Waals surface area contributed by atoms with E-state index in [1.807, 2.05) is 0 Å². The van der Waals surface area contributed by atoms with Gasteiger partial charge in [0, 0.05) is 5.02 Å². The summed E-state index contributed by atoms with van der Waals surface area (Å²) in [5, 5.41) is 7.50. The van der Waals surface area contributed by atoms with Gasteiger partial charge < -0.3 is 10.5 Å². The van der Waals surface area contributed by atoms with Crippen LogP contribution in [0.15, 0.2) is 12.1 Å². The summed E-state index contributed by atoms with van der Waals surface area (Å²) in [4.78, 5) is 0. The monoisotopic (exact) mass is 294 g/mol. The molecule has 0 saturated heterocycles. The predicted molar refractivity (Wildman–Crippen MR) is 67.9 cm³/mol. The van der Waals surface area contributed by atoms with Gasteiger partial charge in [0.1, 0.15) is 24.1 Å². The minimum atomic E-state index is -4.59. The third-order valence-corrected chi connectivity index (χ3v) is 3.19. The van der Waals surface area contributed by atoms with Gasteiger partial charge in [-0.3, -0.25) is 5.41 Å². The first-order chi connectivity index (χ1) is 8.62. The third kappa shape index (κ3) is 4.02. The van der Waals surface area contributed by atoms with Gasteiger partial charge >= 0.3 is 6.18 Å². The lowest BCUT2D eigenvalue weighted by molar-refractivity contribution is -0.162. The molecular weight excluding hydrogens is 281 g/mol. The van der Waals surface area contributed by atoms with E-state index >= 15 is 0 Å². The van der Waals surface area contributed by atoms with Crippen molar-refractivity contribution in [1.29, 1.82) is 5.41 Å². The maximum Gasteiger partial charge on any atom is 0.401 e. The summed E-state index contributed by atoms with van der Waals surface area (Å²) in [6.45, 7) is 2.74. The molecule has 1 atom stereocenters. The quantitative estimate of drug-likeness (QED) is 0.660. The fourth-order valence-corrected chi connectivity index (χ4v) is 1.64. The second-order valence-corrected chi connectivity index (χ2v) is 4.61. The van der Waals surface area contributed by atoms with Crippen molar-refractivity contribution < 1.29 is 17.9 Å². The van der Waals surface area contributed by atoms with Crippen LogP contribution in [0.5, 0.6) is 5.75 Å². The van der Waals surface area contributed by atoms with Crippen LogP contribution in [0.2, 0.25) is 5.02 Å². The summed E-state index contributed by atoms with van der Waals surface area (Å²) >= 11 is 5.95. The average Bonchev–Trinajstić information content (AvgIpc) is 2.23. The molecule has 0 spiro atoms. The second kappa shape index (κ2) is 5.69. The molecule has 1 aromatic carbocycles. The summed E-state index contributed by atoms with van der Waals surface area (Å²) in [6, 6.07) is 3.09. The van der Waals surface area contributed by atoms with Gasteiger partial charge in [-0.2, -0.15) is 13.2 Å². The van der Waals surface area contributed by atoms with Gasteiger partial charge in [-0.1, -0.05) is 11.6 Å². The maximum atomic E-state index is 12.6. The molecule has 0 aliphatic heterocycles. The average molecular weight is 295 g/mol. The Labute approximate surface area is 114 Å². The number of rotatable bonds is 4. The van der Waals surface area contributed by atoms with Gasteiger partial charge in [0.15, 0.2) is 0 Å². The van der Waals surface area contributed by atoms with E-state index in [1.54, 1.807) is 26.0 Å². The van der Waals surface area contributed by atoms with Crippen LogP contribution in [-0.4, -0.2) is 18.6 Å². The summed E-state index contributed by atoms with van der Waals surface area (Å²) in [6.07, 6.45) is -4.59. The van der Waals surface area contributed by atoms with E-state index in [9.17, 15) is 13.2 Å². The summed E-state index contributed by atoms with van der Waals surface area (Å²) < 4.78 is 42.8. The Hall–Kier alpha value is -1.43. The van der Waals surface area contributed by atoms with Crippen LogP contribution in [0.25, 0.3) is 0 Å². The molecule has 19 heavy (non-hydrogen) atoms. The van der Waals surface area contributed by atoms with E-state index in [4.69, 9.17) is 27.5 Å². The SMILES string of the molecule is Cc1cc(OCC(C(=N)N)C(F)(F)F)cc(C)c1Cl. The van der Waals surface area contributed by atoms with Gasteiger partial charge in [-0.05, 0) is 37.1 Å². The molecule has 7 heteroatoms. The highest BCUT2D eigenvalue weighted by Gasteiger charge is 2.42. The number of hydrogen-bond donors (Lipinski definition) is 2. The molecule has 0 saturated carbocycles. The van der Waals surface area contributed by atoms with E-state index < -0.39 is 24.5 Å². The largest absolute Gasteiger partial charge is 0.492 e. The number of halogens is 4. The van der Waals surface area contributed by atoms with E-state index in [0.717, 1.165) is 0 Å².